The summed E-state index contributed by atoms with van der Waals surface area (Å²) < 4.78 is 26.3. The Labute approximate surface area is 317 Å². The molecule has 0 unspecified atom stereocenters. The van der Waals surface area contributed by atoms with E-state index in [1.54, 1.807) is 0 Å². The van der Waals surface area contributed by atoms with Gasteiger partial charge < -0.3 is 19.3 Å². The molecular weight excluding hydrogens is 675 g/mol. The maximum atomic E-state index is 12.4. The van der Waals surface area contributed by atoms with Crippen LogP contribution in [0.3, 0.4) is 0 Å². The Balaban J connectivity index is 3.99. The van der Waals surface area contributed by atoms with Crippen LogP contribution in [-0.2, 0) is 28.2 Å². The standard InChI is InChI=1S/C43H75O8P/c1-3-5-7-9-11-13-15-17-19-20-21-22-24-25-27-29-31-33-35-37-42(44)49-39-41(40-50-52(46,47)48)51-43(45)38-36-34-32-30-28-26-23-18-16-14-12-10-8-6-4-2/h4,11,13,17,19,21-22,25,27,41H,2-3,5-10,12,14-16,18,20,23-24,26,28-40H2,1H3,(H2,46,47,48)/b13-11+,19-17+,22-21+,27-25+/t41-/m1/s1. The molecule has 300 valence electrons. The van der Waals surface area contributed by atoms with Gasteiger partial charge in [-0.2, -0.15) is 0 Å². The van der Waals surface area contributed by atoms with Gasteiger partial charge in [0.05, 0.1) is 6.61 Å². The SMILES string of the molecule is C=CCCCCCCCCCCCCCCCC(=O)O[C@H](COC(=O)CCCCC/C=C/C/C=C/C/C=C/C/C=C/CCCCC)COP(=O)(O)O. The van der Waals surface area contributed by atoms with Crippen LogP contribution in [0.2, 0.25) is 0 Å². The highest BCUT2D eigenvalue weighted by Crippen LogP contribution is 2.36. The van der Waals surface area contributed by atoms with Gasteiger partial charge in [0.1, 0.15) is 6.61 Å². The second-order valence-corrected chi connectivity index (χ2v) is 14.9. The lowest BCUT2D eigenvalue weighted by atomic mass is 10.0. The summed E-state index contributed by atoms with van der Waals surface area (Å²) in [5.74, 6) is -0.925. The van der Waals surface area contributed by atoms with Crippen molar-refractivity contribution in [1.82, 2.24) is 0 Å². The molecule has 0 aromatic carbocycles. The smallest absolute Gasteiger partial charge is 0.462 e. The first kappa shape index (κ1) is 49.8. The number of phosphoric ester groups is 1. The number of ether oxygens (including phenoxy) is 2. The van der Waals surface area contributed by atoms with Crippen LogP contribution in [0.4, 0.5) is 0 Å². The van der Waals surface area contributed by atoms with E-state index in [1.807, 2.05) is 6.08 Å². The number of rotatable bonds is 38. The molecule has 0 amide bonds. The van der Waals surface area contributed by atoms with Crippen molar-refractivity contribution in [2.24, 2.45) is 0 Å². The van der Waals surface area contributed by atoms with E-state index in [0.29, 0.717) is 12.8 Å². The van der Waals surface area contributed by atoms with Crippen LogP contribution < -0.4 is 0 Å². The highest BCUT2D eigenvalue weighted by atomic mass is 31.2. The summed E-state index contributed by atoms with van der Waals surface area (Å²) >= 11 is 0. The number of hydrogen-bond acceptors (Lipinski definition) is 6. The number of carbonyl (C=O) groups excluding carboxylic acids is 2. The summed E-state index contributed by atoms with van der Waals surface area (Å²) in [6, 6.07) is 0. The summed E-state index contributed by atoms with van der Waals surface area (Å²) in [6.45, 7) is 5.14. The average Bonchev–Trinajstić information content (AvgIpc) is 3.11. The molecule has 0 radical (unpaired) electrons. The maximum Gasteiger partial charge on any atom is 0.469 e. The minimum Gasteiger partial charge on any atom is -0.462 e. The third-order valence-electron chi connectivity index (χ3n) is 8.66. The Morgan fingerprint density at radius 2 is 0.962 bits per heavy atom. The molecule has 52 heavy (non-hydrogen) atoms. The number of unbranched alkanes of at least 4 members (excludes halogenated alkanes) is 19. The molecule has 1 atom stereocenters. The highest BCUT2D eigenvalue weighted by Gasteiger charge is 2.22. The van der Waals surface area contributed by atoms with Crippen molar-refractivity contribution in [2.75, 3.05) is 13.2 Å². The summed E-state index contributed by atoms with van der Waals surface area (Å²) in [7, 11) is -4.76. The lowest BCUT2D eigenvalue weighted by molar-refractivity contribution is -0.161. The maximum absolute atomic E-state index is 12.4. The monoisotopic (exact) mass is 751 g/mol. The summed E-state index contributed by atoms with van der Waals surface area (Å²) in [6.07, 6.45) is 46.9. The molecule has 0 aliphatic carbocycles. The van der Waals surface area contributed by atoms with Crippen molar-refractivity contribution in [3.63, 3.8) is 0 Å². The summed E-state index contributed by atoms with van der Waals surface area (Å²) in [5.41, 5.74) is 0. The minimum absolute atomic E-state index is 0.201. The van der Waals surface area contributed by atoms with Gasteiger partial charge in [-0.3, -0.25) is 14.1 Å². The predicted octanol–water partition coefficient (Wildman–Crippen LogP) is 12.5. The van der Waals surface area contributed by atoms with Gasteiger partial charge >= 0.3 is 19.8 Å². The van der Waals surface area contributed by atoms with Gasteiger partial charge in [0.25, 0.3) is 0 Å². The number of allylic oxidation sites excluding steroid dienone is 9. The Morgan fingerprint density at radius 1 is 0.558 bits per heavy atom. The molecule has 0 aliphatic rings. The Bertz CT molecular complexity index is 1010. The average molecular weight is 751 g/mol. The van der Waals surface area contributed by atoms with Gasteiger partial charge in [-0.05, 0) is 70.6 Å². The molecule has 0 fully saturated rings. The second kappa shape index (κ2) is 38.5. The second-order valence-electron chi connectivity index (χ2n) is 13.7. The lowest BCUT2D eigenvalue weighted by Crippen LogP contribution is -2.29. The zero-order chi connectivity index (χ0) is 38.2. The van der Waals surface area contributed by atoms with E-state index in [9.17, 15) is 14.2 Å². The van der Waals surface area contributed by atoms with Crippen molar-refractivity contribution >= 4 is 19.8 Å². The third-order valence-corrected chi connectivity index (χ3v) is 9.14. The number of carbonyl (C=O) groups is 2. The van der Waals surface area contributed by atoms with Crippen LogP contribution in [0.1, 0.15) is 180 Å². The van der Waals surface area contributed by atoms with Crippen LogP contribution in [0.25, 0.3) is 0 Å². The van der Waals surface area contributed by atoms with Crippen LogP contribution in [-0.4, -0.2) is 41.0 Å². The van der Waals surface area contributed by atoms with Gasteiger partial charge in [0, 0.05) is 12.8 Å². The van der Waals surface area contributed by atoms with E-state index in [2.05, 4.69) is 66.6 Å². The Morgan fingerprint density at radius 3 is 1.44 bits per heavy atom. The number of esters is 2. The fourth-order valence-corrected chi connectivity index (χ4v) is 5.93. The molecular formula is C43H75O8P. The first-order valence-corrected chi connectivity index (χ1v) is 22.1. The van der Waals surface area contributed by atoms with Crippen molar-refractivity contribution in [1.29, 1.82) is 0 Å². The van der Waals surface area contributed by atoms with Crippen molar-refractivity contribution in [2.45, 2.75) is 186 Å². The fourth-order valence-electron chi connectivity index (χ4n) is 5.57. The molecule has 8 nitrogen and oxygen atoms in total. The van der Waals surface area contributed by atoms with Crippen LogP contribution >= 0.6 is 7.82 Å². The zero-order valence-corrected chi connectivity index (χ0v) is 33.7. The molecule has 9 heteroatoms. The summed E-state index contributed by atoms with van der Waals surface area (Å²) in [5, 5.41) is 0. The molecule has 0 bridgehead atoms. The van der Waals surface area contributed by atoms with Gasteiger partial charge in [-0.15, -0.1) is 6.58 Å². The van der Waals surface area contributed by atoms with Gasteiger partial charge in [0.2, 0.25) is 0 Å². The number of hydrogen-bond donors (Lipinski definition) is 2. The predicted molar refractivity (Wildman–Crippen MR) is 216 cm³/mol. The number of phosphoric acid groups is 1. The van der Waals surface area contributed by atoms with E-state index in [-0.39, 0.29) is 19.4 Å². The minimum atomic E-state index is -4.76. The van der Waals surface area contributed by atoms with Crippen LogP contribution in [0.5, 0.6) is 0 Å². The largest absolute Gasteiger partial charge is 0.469 e. The fraction of sp³-hybridized carbons (Fsp3) is 0.721. The Hall–Kier alpha value is -2.25. The van der Waals surface area contributed by atoms with Crippen molar-refractivity contribution in [3.05, 3.63) is 61.3 Å². The van der Waals surface area contributed by atoms with Crippen molar-refractivity contribution in [3.8, 4) is 0 Å². The van der Waals surface area contributed by atoms with Gasteiger partial charge in [-0.1, -0.05) is 151 Å². The normalized spacial score (nSPS) is 12.8. The highest BCUT2D eigenvalue weighted by molar-refractivity contribution is 7.46. The molecule has 0 heterocycles. The van der Waals surface area contributed by atoms with Crippen molar-refractivity contribution < 1.29 is 37.9 Å². The van der Waals surface area contributed by atoms with E-state index in [4.69, 9.17) is 19.3 Å². The third kappa shape index (κ3) is 40.5. The van der Waals surface area contributed by atoms with E-state index in [1.165, 1.54) is 83.5 Å². The Kier molecular flexibility index (Phi) is 36.8. The first-order chi connectivity index (χ1) is 25.3. The molecule has 0 aromatic rings. The van der Waals surface area contributed by atoms with E-state index >= 15 is 0 Å². The summed E-state index contributed by atoms with van der Waals surface area (Å²) in [4.78, 5) is 42.8. The van der Waals surface area contributed by atoms with Gasteiger partial charge in [-0.25, -0.2) is 4.57 Å². The van der Waals surface area contributed by atoms with Crippen LogP contribution in [0.15, 0.2) is 61.3 Å². The van der Waals surface area contributed by atoms with Gasteiger partial charge in [0.15, 0.2) is 6.10 Å². The van der Waals surface area contributed by atoms with E-state index in [0.717, 1.165) is 64.2 Å². The van der Waals surface area contributed by atoms with E-state index < -0.39 is 32.5 Å². The molecule has 2 N–H and O–H groups in total. The molecule has 0 saturated carbocycles. The lowest BCUT2D eigenvalue weighted by Gasteiger charge is -2.18. The molecule has 0 rings (SSSR count). The quantitative estimate of drug-likeness (QED) is 0.0277. The molecule has 0 spiro atoms. The molecule has 0 saturated heterocycles. The molecule has 0 aliphatic heterocycles. The first-order valence-electron chi connectivity index (χ1n) is 20.5. The van der Waals surface area contributed by atoms with Crippen LogP contribution in [0, 0.1) is 0 Å². The molecule has 0 aromatic heterocycles. The topological polar surface area (TPSA) is 119 Å². The zero-order valence-electron chi connectivity index (χ0n) is 32.8.